The number of para-hydroxylation sites is 1. The Kier molecular flexibility index (Phi) is 4.73. The second-order valence-corrected chi connectivity index (χ2v) is 7.76. The molecular weight excluding hydrogens is 320 g/mol. The van der Waals surface area contributed by atoms with Crippen molar-refractivity contribution in [3.05, 3.63) is 65.4 Å². The summed E-state index contributed by atoms with van der Waals surface area (Å²) in [4.78, 5) is 5.29. The number of likely N-dealkylation sites (tertiary alicyclic amines) is 1. The van der Waals surface area contributed by atoms with Crippen LogP contribution in [0.1, 0.15) is 42.6 Å². The number of nitrogens with one attached hydrogen (secondary N) is 2. The molecule has 1 saturated heterocycles. The molecule has 2 N–H and O–H groups in total. The van der Waals surface area contributed by atoms with E-state index in [2.05, 4.69) is 67.4 Å². The van der Waals surface area contributed by atoms with Crippen LogP contribution in [0.2, 0.25) is 0 Å². The van der Waals surface area contributed by atoms with Gasteiger partial charge < -0.3 is 14.6 Å². The van der Waals surface area contributed by atoms with E-state index in [1.54, 1.807) is 12.0 Å². The molecule has 1 fully saturated rings. The van der Waals surface area contributed by atoms with Crippen molar-refractivity contribution in [3.63, 3.8) is 0 Å². The molecule has 3 nitrogen and oxygen atoms in total. The van der Waals surface area contributed by atoms with Crippen molar-refractivity contribution in [3.8, 4) is 5.75 Å². The molecule has 1 atom stereocenters. The third-order valence-corrected chi connectivity index (χ3v) is 6.01. The molecule has 0 bridgehead atoms. The quantitative estimate of drug-likeness (QED) is 0.735. The maximum Gasteiger partial charge on any atom is 0.141 e. The Labute approximate surface area is 156 Å². The number of rotatable bonds is 4. The average Bonchev–Trinajstić information content (AvgIpc) is 3.00. The standard InChI is InChI=1S/C23H28N2O/c1-16-12-14-25(15-13-16)23(18-8-10-19(26-3)11-9-18)22-17(2)24-21-7-5-4-6-20(21)22/h4-11,16,23-24H,12-15H2,1-3H3/p+1/t23-/m1/s1. The van der Waals surface area contributed by atoms with Gasteiger partial charge in [0.25, 0.3) is 0 Å². The van der Waals surface area contributed by atoms with E-state index in [0.29, 0.717) is 6.04 Å². The molecule has 2 heterocycles. The van der Waals surface area contributed by atoms with Gasteiger partial charge in [0.2, 0.25) is 0 Å². The monoisotopic (exact) mass is 349 g/mol. The SMILES string of the molecule is COc1ccc([C@H](c2c(C)[nH]c3ccccc23)[NH+]2CCC(C)CC2)cc1. The van der Waals surface area contributed by atoms with Crippen LogP contribution in [-0.2, 0) is 0 Å². The smallest absolute Gasteiger partial charge is 0.141 e. The first-order valence-electron chi connectivity index (χ1n) is 9.73. The van der Waals surface area contributed by atoms with E-state index in [-0.39, 0.29) is 0 Å². The summed E-state index contributed by atoms with van der Waals surface area (Å²) >= 11 is 0. The van der Waals surface area contributed by atoms with Crippen molar-refractivity contribution in [1.29, 1.82) is 0 Å². The number of methoxy groups -OCH3 is 1. The molecular formula is C23H29N2O+. The number of H-pyrrole nitrogens is 1. The van der Waals surface area contributed by atoms with Gasteiger partial charge in [-0.2, -0.15) is 0 Å². The molecule has 2 aromatic carbocycles. The predicted molar refractivity (Wildman–Crippen MR) is 107 cm³/mol. The van der Waals surface area contributed by atoms with E-state index in [4.69, 9.17) is 4.74 Å². The minimum Gasteiger partial charge on any atom is -0.497 e. The Balaban J connectivity index is 1.82. The summed E-state index contributed by atoms with van der Waals surface area (Å²) in [6.07, 6.45) is 2.62. The number of aryl methyl sites for hydroxylation is 1. The fraction of sp³-hybridized carbons (Fsp3) is 0.391. The topological polar surface area (TPSA) is 29.5 Å². The summed E-state index contributed by atoms with van der Waals surface area (Å²) in [6.45, 7) is 7.07. The van der Waals surface area contributed by atoms with Crippen LogP contribution in [0.25, 0.3) is 10.9 Å². The van der Waals surface area contributed by atoms with E-state index in [1.807, 2.05) is 0 Å². The van der Waals surface area contributed by atoms with Crippen LogP contribution in [0.3, 0.4) is 0 Å². The van der Waals surface area contributed by atoms with Gasteiger partial charge in [-0.25, -0.2) is 0 Å². The maximum atomic E-state index is 5.38. The zero-order chi connectivity index (χ0) is 18.1. The van der Waals surface area contributed by atoms with Crippen molar-refractivity contribution in [2.45, 2.75) is 32.7 Å². The summed E-state index contributed by atoms with van der Waals surface area (Å²) < 4.78 is 5.38. The summed E-state index contributed by atoms with van der Waals surface area (Å²) in [7, 11) is 1.73. The lowest BCUT2D eigenvalue weighted by atomic mass is 9.90. The van der Waals surface area contributed by atoms with Gasteiger partial charge in [-0.3, -0.25) is 0 Å². The highest BCUT2D eigenvalue weighted by atomic mass is 16.5. The normalized spacial score (nSPS) is 21.7. The minimum atomic E-state index is 0.365. The van der Waals surface area contributed by atoms with Crippen LogP contribution >= 0.6 is 0 Å². The third-order valence-electron chi connectivity index (χ3n) is 6.01. The molecule has 136 valence electrons. The highest BCUT2D eigenvalue weighted by Crippen LogP contribution is 2.31. The molecule has 0 radical (unpaired) electrons. The van der Waals surface area contributed by atoms with E-state index in [1.165, 1.54) is 53.7 Å². The highest BCUT2D eigenvalue weighted by molar-refractivity contribution is 5.85. The number of ether oxygens (including phenoxy) is 1. The van der Waals surface area contributed by atoms with Gasteiger partial charge in [0.15, 0.2) is 0 Å². The molecule has 26 heavy (non-hydrogen) atoms. The molecule has 0 saturated carbocycles. The number of hydrogen-bond donors (Lipinski definition) is 2. The van der Waals surface area contributed by atoms with Crippen LogP contribution in [0.4, 0.5) is 0 Å². The van der Waals surface area contributed by atoms with Crippen LogP contribution in [-0.4, -0.2) is 25.2 Å². The largest absolute Gasteiger partial charge is 0.497 e. The van der Waals surface area contributed by atoms with E-state index in [0.717, 1.165) is 11.7 Å². The van der Waals surface area contributed by atoms with Gasteiger partial charge in [0.1, 0.15) is 11.8 Å². The number of aromatic nitrogens is 1. The van der Waals surface area contributed by atoms with Gasteiger partial charge >= 0.3 is 0 Å². The lowest BCUT2D eigenvalue weighted by Crippen LogP contribution is -3.13. The summed E-state index contributed by atoms with van der Waals surface area (Å²) in [5.74, 6) is 1.77. The predicted octanol–water partition coefficient (Wildman–Crippen LogP) is 3.89. The Hall–Kier alpha value is -2.26. The number of quaternary nitrogens is 1. The van der Waals surface area contributed by atoms with Crippen LogP contribution in [0, 0.1) is 12.8 Å². The Morgan fingerprint density at radius 2 is 1.73 bits per heavy atom. The van der Waals surface area contributed by atoms with Crippen molar-refractivity contribution in [2.24, 2.45) is 5.92 Å². The van der Waals surface area contributed by atoms with Crippen molar-refractivity contribution in [2.75, 3.05) is 20.2 Å². The Morgan fingerprint density at radius 3 is 2.42 bits per heavy atom. The summed E-state index contributed by atoms with van der Waals surface area (Å²) in [5.41, 5.74) is 5.36. The molecule has 1 aliphatic heterocycles. The molecule has 0 amide bonds. The number of hydrogen-bond acceptors (Lipinski definition) is 1. The van der Waals surface area contributed by atoms with Gasteiger partial charge in [0.05, 0.1) is 20.2 Å². The van der Waals surface area contributed by atoms with Crippen molar-refractivity contribution >= 4 is 10.9 Å². The molecule has 0 unspecified atom stereocenters. The van der Waals surface area contributed by atoms with Crippen molar-refractivity contribution in [1.82, 2.24) is 4.98 Å². The number of piperidine rings is 1. The lowest BCUT2D eigenvalue weighted by Gasteiger charge is -2.34. The zero-order valence-corrected chi connectivity index (χ0v) is 16.0. The maximum absolute atomic E-state index is 5.38. The number of benzene rings is 2. The zero-order valence-electron chi connectivity index (χ0n) is 16.0. The van der Waals surface area contributed by atoms with E-state index >= 15 is 0 Å². The Bertz CT molecular complexity index is 873. The highest BCUT2D eigenvalue weighted by Gasteiger charge is 2.32. The van der Waals surface area contributed by atoms with Gasteiger partial charge in [-0.05, 0) is 56.0 Å². The number of aromatic amines is 1. The third kappa shape index (κ3) is 3.12. The average molecular weight is 349 g/mol. The first-order valence-corrected chi connectivity index (χ1v) is 9.73. The van der Waals surface area contributed by atoms with Crippen LogP contribution in [0.5, 0.6) is 5.75 Å². The lowest BCUT2D eigenvalue weighted by molar-refractivity contribution is -0.931. The molecule has 0 spiro atoms. The molecule has 1 aromatic heterocycles. The molecule has 3 heteroatoms. The van der Waals surface area contributed by atoms with Crippen LogP contribution in [0.15, 0.2) is 48.5 Å². The van der Waals surface area contributed by atoms with Gasteiger partial charge in [0, 0.05) is 27.7 Å². The fourth-order valence-electron chi connectivity index (χ4n) is 4.49. The van der Waals surface area contributed by atoms with Gasteiger partial charge in [-0.1, -0.05) is 25.1 Å². The fourth-order valence-corrected chi connectivity index (χ4v) is 4.49. The molecule has 3 aromatic rings. The Morgan fingerprint density at radius 1 is 1.04 bits per heavy atom. The van der Waals surface area contributed by atoms with Gasteiger partial charge in [-0.15, -0.1) is 0 Å². The minimum absolute atomic E-state index is 0.365. The van der Waals surface area contributed by atoms with Crippen molar-refractivity contribution < 1.29 is 9.64 Å². The summed E-state index contributed by atoms with van der Waals surface area (Å²) in [5, 5.41) is 1.36. The second kappa shape index (κ2) is 7.16. The molecule has 1 aliphatic rings. The molecule has 4 rings (SSSR count). The first-order chi connectivity index (χ1) is 12.7. The summed E-state index contributed by atoms with van der Waals surface area (Å²) in [6, 6.07) is 17.8. The second-order valence-electron chi connectivity index (χ2n) is 7.76. The molecule has 0 aliphatic carbocycles. The van der Waals surface area contributed by atoms with E-state index < -0.39 is 0 Å². The first kappa shape index (κ1) is 17.2. The van der Waals surface area contributed by atoms with E-state index in [9.17, 15) is 0 Å². The number of fused-ring (bicyclic) bond motifs is 1. The van der Waals surface area contributed by atoms with Crippen LogP contribution < -0.4 is 9.64 Å².